The Hall–Kier alpha value is -1.15. The minimum atomic E-state index is 0.192. The third-order valence-electron chi connectivity index (χ3n) is 2.80. The normalized spacial score (nSPS) is 11.8. The second-order valence-electron chi connectivity index (χ2n) is 5.07. The first-order chi connectivity index (χ1) is 7.50. The van der Waals surface area contributed by atoms with E-state index in [2.05, 4.69) is 50.9 Å². The lowest BCUT2D eigenvalue weighted by Gasteiger charge is -2.22. The second-order valence-corrected chi connectivity index (χ2v) is 5.96. The molecule has 0 bridgehead atoms. The van der Waals surface area contributed by atoms with E-state index >= 15 is 0 Å². The fourth-order valence-corrected chi connectivity index (χ4v) is 2.76. The van der Waals surface area contributed by atoms with Gasteiger partial charge in [-0.1, -0.05) is 39.0 Å². The highest BCUT2D eigenvalue weighted by atomic mass is 32.1. The summed E-state index contributed by atoms with van der Waals surface area (Å²) in [6.45, 7) is 8.94. The Kier molecular flexibility index (Phi) is 2.85. The van der Waals surface area contributed by atoms with Crippen molar-refractivity contribution in [2.24, 2.45) is 0 Å². The first-order valence-corrected chi connectivity index (χ1v) is 6.38. The smallest absolute Gasteiger partial charge is 0.123 e. The van der Waals surface area contributed by atoms with Crippen LogP contribution < -0.4 is 0 Å². The van der Waals surface area contributed by atoms with Crippen molar-refractivity contribution in [3.8, 4) is 10.6 Å². The van der Waals surface area contributed by atoms with E-state index in [1.165, 1.54) is 16.7 Å². The van der Waals surface area contributed by atoms with Crippen molar-refractivity contribution in [1.29, 1.82) is 0 Å². The van der Waals surface area contributed by atoms with Crippen LogP contribution in [0.3, 0.4) is 0 Å². The quantitative estimate of drug-likeness (QED) is 0.708. The second kappa shape index (κ2) is 4.02. The standard InChI is InChI=1S/C14H17NS/c1-10-11(13-15-8-9-16-13)6-5-7-12(10)14(2,3)4/h5-9H,1-4H3. The molecule has 0 saturated carbocycles. The monoisotopic (exact) mass is 231 g/mol. The first kappa shape index (κ1) is 11.3. The van der Waals surface area contributed by atoms with Gasteiger partial charge in [-0.05, 0) is 23.5 Å². The van der Waals surface area contributed by atoms with Crippen LogP contribution in [-0.2, 0) is 5.41 Å². The van der Waals surface area contributed by atoms with Crippen LogP contribution in [-0.4, -0.2) is 4.98 Å². The molecule has 2 aromatic rings. The average Bonchev–Trinajstić information content (AvgIpc) is 2.69. The lowest BCUT2D eigenvalue weighted by Crippen LogP contribution is -2.13. The zero-order chi connectivity index (χ0) is 11.8. The van der Waals surface area contributed by atoms with Crippen LogP contribution in [0.5, 0.6) is 0 Å². The highest BCUT2D eigenvalue weighted by molar-refractivity contribution is 7.13. The van der Waals surface area contributed by atoms with Gasteiger partial charge in [-0.15, -0.1) is 11.3 Å². The van der Waals surface area contributed by atoms with E-state index in [1.807, 2.05) is 11.6 Å². The molecule has 0 radical (unpaired) electrons. The molecule has 0 fully saturated rings. The minimum absolute atomic E-state index is 0.192. The highest BCUT2D eigenvalue weighted by Crippen LogP contribution is 2.33. The van der Waals surface area contributed by atoms with Gasteiger partial charge in [0.25, 0.3) is 0 Å². The number of thiazole rings is 1. The Morgan fingerprint density at radius 1 is 1.19 bits per heavy atom. The zero-order valence-electron chi connectivity index (χ0n) is 10.2. The Bertz CT molecular complexity index is 478. The molecule has 0 unspecified atom stereocenters. The first-order valence-electron chi connectivity index (χ1n) is 5.50. The number of benzene rings is 1. The largest absolute Gasteiger partial charge is 0.245 e. The molecule has 0 aliphatic heterocycles. The van der Waals surface area contributed by atoms with Gasteiger partial charge >= 0.3 is 0 Å². The Morgan fingerprint density at radius 2 is 1.94 bits per heavy atom. The van der Waals surface area contributed by atoms with Crippen LogP contribution in [0.4, 0.5) is 0 Å². The lowest BCUT2D eigenvalue weighted by atomic mass is 9.83. The van der Waals surface area contributed by atoms with Crippen LogP contribution in [0.1, 0.15) is 31.9 Å². The van der Waals surface area contributed by atoms with Crippen molar-refractivity contribution in [2.45, 2.75) is 33.1 Å². The average molecular weight is 231 g/mol. The summed E-state index contributed by atoms with van der Waals surface area (Å²) < 4.78 is 0. The summed E-state index contributed by atoms with van der Waals surface area (Å²) in [5.41, 5.74) is 4.21. The van der Waals surface area contributed by atoms with Crippen molar-refractivity contribution < 1.29 is 0 Å². The summed E-state index contributed by atoms with van der Waals surface area (Å²) in [4.78, 5) is 4.39. The Morgan fingerprint density at radius 3 is 2.50 bits per heavy atom. The number of rotatable bonds is 1. The Labute approximate surface area is 101 Å². The summed E-state index contributed by atoms with van der Waals surface area (Å²) in [5.74, 6) is 0. The van der Waals surface area contributed by atoms with Crippen LogP contribution in [0, 0.1) is 6.92 Å². The van der Waals surface area contributed by atoms with E-state index in [0.717, 1.165) is 5.01 Å². The molecule has 1 aromatic carbocycles. The maximum atomic E-state index is 4.39. The van der Waals surface area contributed by atoms with Gasteiger partial charge in [0.15, 0.2) is 0 Å². The summed E-state index contributed by atoms with van der Waals surface area (Å²) in [6, 6.07) is 6.50. The minimum Gasteiger partial charge on any atom is -0.245 e. The maximum absolute atomic E-state index is 4.39. The van der Waals surface area contributed by atoms with Gasteiger partial charge in [-0.2, -0.15) is 0 Å². The van der Waals surface area contributed by atoms with Gasteiger partial charge in [0.2, 0.25) is 0 Å². The SMILES string of the molecule is Cc1c(-c2nccs2)cccc1C(C)(C)C. The third kappa shape index (κ3) is 2.03. The number of hydrogen-bond acceptors (Lipinski definition) is 2. The molecule has 1 aromatic heterocycles. The molecule has 0 spiro atoms. The molecular weight excluding hydrogens is 214 g/mol. The number of aromatic nitrogens is 1. The van der Waals surface area contributed by atoms with E-state index in [1.54, 1.807) is 11.3 Å². The fraction of sp³-hybridized carbons (Fsp3) is 0.357. The molecule has 84 valence electrons. The third-order valence-corrected chi connectivity index (χ3v) is 3.61. The molecule has 0 N–H and O–H groups in total. The van der Waals surface area contributed by atoms with Crippen molar-refractivity contribution in [2.75, 3.05) is 0 Å². The van der Waals surface area contributed by atoms with E-state index in [0.29, 0.717) is 0 Å². The van der Waals surface area contributed by atoms with E-state index in [4.69, 9.17) is 0 Å². The van der Waals surface area contributed by atoms with E-state index in [9.17, 15) is 0 Å². The fourth-order valence-electron chi connectivity index (χ4n) is 2.04. The molecular formula is C14H17NS. The summed E-state index contributed by atoms with van der Waals surface area (Å²) >= 11 is 1.70. The molecule has 0 saturated heterocycles. The summed E-state index contributed by atoms with van der Waals surface area (Å²) in [7, 11) is 0. The number of nitrogens with zero attached hydrogens (tertiary/aromatic N) is 1. The summed E-state index contributed by atoms with van der Waals surface area (Å²) in [6.07, 6.45) is 1.86. The van der Waals surface area contributed by atoms with Gasteiger partial charge in [0.05, 0.1) is 0 Å². The molecule has 2 heteroatoms. The van der Waals surface area contributed by atoms with Crippen molar-refractivity contribution in [3.05, 3.63) is 40.9 Å². The van der Waals surface area contributed by atoms with Crippen molar-refractivity contribution in [3.63, 3.8) is 0 Å². The predicted molar refractivity (Wildman–Crippen MR) is 71.0 cm³/mol. The number of hydrogen-bond donors (Lipinski definition) is 0. The van der Waals surface area contributed by atoms with Crippen LogP contribution >= 0.6 is 11.3 Å². The van der Waals surface area contributed by atoms with Gasteiger partial charge in [0.1, 0.15) is 5.01 Å². The molecule has 0 aliphatic carbocycles. The van der Waals surface area contributed by atoms with Crippen LogP contribution in [0.15, 0.2) is 29.8 Å². The van der Waals surface area contributed by atoms with Gasteiger partial charge in [-0.25, -0.2) is 4.98 Å². The maximum Gasteiger partial charge on any atom is 0.123 e. The van der Waals surface area contributed by atoms with E-state index < -0.39 is 0 Å². The van der Waals surface area contributed by atoms with Crippen molar-refractivity contribution >= 4 is 11.3 Å². The molecule has 0 aliphatic rings. The van der Waals surface area contributed by atoms with Gasteiger partial charge in [-0.3, -0.25) is 0 Å². The highest BCUT2D eigenvalue weighted by Gasteiger charge is 2.18. The molecule has 1 nitrogen and oxygen atoms in total. The van der Waals surface area contributed by atoms with Crippen molar-refractivity contribution in [1.82, 2.24) is 4.98 Å². The van der Waals surface area contributed by atoms with Gasteiger partial charge in [0, 0.05) is 17.1 Å². The lowest BCUT2D eigenvalue weighted by molar-refractivity contribution is 0.586. The Balaban J connectivity index is 2.58. The van der Waals surface area contributed by atoms with E-state index in [-0.39, 0.29) is 5.41 Å². The molecule has 2 rings (SSSR count). The molecule has 16 heavy (non-hydrogen) atoms. The molecule has 0 amide bonds. The van der Waals surface area contributed by atoms with Crippen LogP contribution in [0.2, 0.25) is 0 Å². The zero-order valence-corrected chi connectivity index (χ0v) is 11.1. The topological polar surface area (TPSA) is 12.9 Å². The van der Waals surface area contributed by atoms with Gasteiger partial charge < -0.3 is 0 Å². The molecule has 0 atom stereocenters. The predicted octanol–water partition coefficient (Wildman–Crippen LogP) is 4.42. The summed E-state index contributed by atoms with van der Waals surface area (Å²) in [5, 5.41) is 3.14. The van der Waals surface area contributed by atoms with Crippen LogP contribution in [0.25, 0.3) is 10.6 Å². The molecule has 1 heterocycles.